The summed E-state index contributed by atoms with van der Waals surface area (Å²) in [6.45, 7) is 2.74. The van der Waals surface area contributed by atoms with E-state index in [1.165, 1.54) is 12.1 Å². The topological polar surface area (TPSA) is 106 Å². The van der Waals surface area contributed by atoms with Crippen molar-refractivity contribution in [1.29, 1.82) is 0 Å². The van der Waals surface area contributed by atoms with Crippen LogP contribution in [0, 0.1) is 5.92 Å². The summed E-state index contributed by atoms with van der Waals surface area (Å²) >= 11 is 0. The summed E-state index contributed by atoms with van der Waals surface area (Å²) in [7, 11) is -3.70. The van der Waals surface area contributed by atoms with Gasteiger partial charge in [0.2, 0.25) is 15.9 Å². The lowest BCUT2D eigenvalue weighted by atomic mass is 9.97. The highest BCUT2D eigenvalue weighted by Crippen LogP contribution is 2.19. The summed E-state index contributed by atoms with van der Waals surface area (Å²) in [5, 5.41) is 8.02. The van der Waals surface area contributed by atoms with Gasteiger partial charge in [0.05, 0.1) is 23.6 Å². The second-order valence-electron chi connectivity index (χ2n) is 6.56. The Kier molecular flexibility index (Phi) is 5.75. The van der Waals surface area contributed by atoms with Crippen LogP contribution in [-0.4, -0.2) is 32.3 Å². The lowest BCUT2D eigenvalue weighted by Gasteiger charge is -2.31. The van der Waals surface area contributed by atoms with Crippen LogP contribution in [0.3, 0.4) is 0 Å². The van der Waals surface area contributed by atoms with Gasteiger partial charge in [-0.25, -0.2) is 13.6 Å². The Morgan fingerprint density at radius 1 is 1.27 bits per heavy atom. The first kappa shape index (κ1) is 18.6. The minimum atomic E-state index is -3.70. The van der Waals surface area contributed by atoms with Gasteiger partial charge < -0.3 is 9.73 Å². The number of amides is 1. The maximum atomic E-state index is 12.5. The van der Waals surface area contributed by atoms with Crippen LogP contribution in [-0.2, 0) is 27.9 Å². The third-order valence-corrected chi connectivity index (χ3v) is 5.48. The van der Waals surface area contributed by atoms with Crippen molar-refractivity contribution in [1.82, 2.24) is 10.2 Å². The Labute approximate surface area is 153 Å². The van der Waals surface area contributed by atoms with E-state index in [9.17, 15) is 13.2 Å². The molecular weight excluding hydrogens is 354 g/mol. The van der Waals surface area contributed by atoms with E-state index in [2.05, 4.69) is 10.2 Å². The van der Waals surface area contributed by atoms with Gasteiger partial charge in [0.25, 0.3) is 0 Å². The molecule has 0 aliphatic carbocycles. The maximum absolute atomic E-state index is 12.5. The Bertz CT molecular complexity index is 832. The minimum absolute atomic E-state index is 0.0182. The van der Waals surface area contributed by atoms with Gasteiger partial charge >= 0.3 is 0 Å². The fraction of sp³-hybridized carbons (Fsp3) is 0.389. The second kappa shape index (κ2) is 8.03. The predicted molar refractivity (Wildman–Crippen MR) is 96.4 cm³/mol. The van der Waals surface area contributed by atoms with Crippen molar-refractivity contribution in [2.45, 2.75) is 30.8 Å². The smallest absolute Gasteiger partial charge is 0.238 e. The number of likely N-dealkylation sites (tertiary alicyclic amines) is 1. The SMILES string of the molecule is NS(=O)(=O)c1ccc(CNC(=O)C2CCCN(Cc3ccco3)C2)cc1. The fourth-order valence-corrected chi connectivity index (χ4v) is 3.68. The zero-order chi connectivity index (χ0) is 18.6. The molecule has 0 radical (unpaired) electrons. The van der Waals surface area contributed by atoms with E-state index in [0.29, 0.717) is 19.6 Å². The van der Waals surface area contributed by atoms with Crippen LogP contribution in [0.5, 0.6) is 0 Å². The molecule has 1 amide bonds. The van der Waals surface area contributed by atoms with E-state index >= 15 is 0 Å². The van der Waals surface area contributed by atoms with Crippen LogP contribution in [0.15, 0.2) is 52.0 Å². The van der Waals surface area contributed by atoms with E-state index in [4.69, 9.17) is 9.56 Å². The predicted octanol–water partition coefficient (Wildman–Crippen LogP) is 1.46. The fourth-order valence-electron chi connectivity index (χ4n) is 3.17. The number of nitrogens with two attached hydrogens (primary N) is 1. The highest BCUT2D eigenvalue weighted by molar-refractivity contribution is 7.89. The number of benzene rings is 1. The zero-order valence-corrected chi connectivity index (χ0v) is 15.2. The normalized spacial score (nSPS) is 18.6. The Morgan fingerprint density at radius 2 is 2.04 bits per heavy atom. The Morgan fingerprint density at radius 3 is 2.69 bits per heavy atom. The number of carbonyl (C=O) groups is 1. The van der Waals surface area contributed by atoms with Crippen LogP contribution in [0.2, 0.25) is 0 Å². The van der Waals surface area contributed by atoms with Gasteiger partial charge in [-0.3, -0.25) is 9.69 Å². The molecule has 1 aliphatic heterocycles. The van der Waals surface area contributed by atoms with Gasteiger partial charge in [-0.15, -0.1) is 0 Å². The molecule has 26 heavy (non-hydrogen) atoms. The second-order valence-corrected chi connectivity index (χ2v) is 8.12. The van der Waals surface area contributed by atoms with Crippen molar-refractivity contribution in [3.05, 3.63) is 54.0 Å². The molecule has 2 heterocycles. The lowest BCUT2D eigenvalue weighted by Crippen LogP contribution is -2.42. The first-order valence-electron chi connectivity index (χ1n) is 8.56. The monoisotopic (exact) mass is 377 g/mol. The van der Waals surface area contributed by atoms with Crippen LogP contribution in [0.25, 0.3) is 0 Å². The van der Waals surface area contributed by atoms with E-state index in [1.807, 2.05) is 12.1 Å². The average Bonchev–Trinajstić information content (AvgIpc) is 3.12. The van der Waals surface area contributed by atoms with Gasteiger partial charge in [0.1, 0.15) is 5.76 Å². The minimum Gasteiger partial charge on any atom is -0.468 e. The summed E-state index contributed by atoms with van der Waals surface area (Å²) in [6.07, 6.45) is 3.50. The highest BCUT2D eigenvalue weighted by Gasteiger charge is 2.26. The van der Waals surface area contributed by atoms with Gasteiger partial charge in [0.15, 0.2) is 0 Å². The number of carbonyl (C=O) groups excluding carboxylic acids is 1. The van der Waals surface area contributed by atoms with Gasteiger partial charge in [0, 0.05) is 13.1 Å². The van der Waals surface area contributed by atoms with Gasteiger partial charge in [-0.05, 0) is 49.2 Å². The number of sulfonamides is 1. The molecule has 1 aromatic carbocycles. The summed E-state index contributed by atoms with van der Waals surface area (Å²) in [5.74, 6) is 0.869. The molecule has 1 fully saturated rings. The van der Waals surface area contributed by atoms with Crippen molar-refractivity contribution in [2.75, 3.05) is 13.1 Å². The molecule has 1 saturated heterocycles. The van der Waals surface area contributed by atoms with Crippen LogP contribution < -0.4 is 10.5 Å². The van der Waals surface area contributed by atoms with E-state index < -0.39 is 10.0 Å². The third-order valence-electron chi connectivity index (χ3n) is 4.55. The molecule has 140 valence electrons. The number of hydrogen-bond donors (Lipinski definition) is 2. The molecule has 1 aliphatic rings. The molecule has 7 nitrogen and oxygen atoms in total. The molecule has 1 unspecified atom stereocenters. The summed E-state index contributed by atoms with van der Waals surface area (Å²) in [4.78, 5) is 14.8. The highest BCUT2D eigenvalue weighted by atomic mass is 32.2. The van der Waals surface area contributed by atoms with Crippen molar-refractivity contribution in [3.63, 3.8) is 0 Å². The molecule has 3 N–H and O–H groups in total. The molecule has 0 spiro atoms. The quantitative estimate of drug-likeness (QED) is 0.793. The van der Waals surface area contributed by atoms with E-state index in [1.54, 1.807) is 18.4 Å². The average molecular weight is 377 g/mol. The molecule has 1 aromatic heterocycles. The molecule has 2 aromatic rings. The summed E-state index contributed by atoms with van der Waals surface area (Å²) in [6, 6.07) is 10.0. The Hall–Kier alpha value is -2.16. The molecule has 8 heteroatoms. The number of piperidine rings is 1. The molecule has 1 atom stereocenters. The van der Waals surface area contributed by atoms with Crippen LogP contribution in [0.4, 0.5) is 0 Å². The maximum Gasteiger partial charge on any atom is 0.238 e. The number of hydrogen-bond acceptors (Lipinski definition) is 5. The number of furan rings is 1. The molecule has 0 saturated carbocycles. The Balaban J connectivity index is 1.51. The van der Waals surface area contributed by atoms with Crippen molar-refractivity contribution < 1.29 is 17.6 Å². The summed E-state index contributed by atoms with van der Waals surface area (Å²) in [5.41, 5.74) is 0.828. The van der Waals surface area contributed by atoms with Crippen molar-refractivity contribution >= 4 is 15.9 Å². The van der Waals surface area contributed by atoms with Crippen LogP contribution in [0.1, 0.15) is 24.2 Å². The van der Waals surface area contributed by atoms with Crippen LogP contribution >= 0.6 is 0 Å². The van der Waals surface area contributed by atoms with Gasteiger partial charge in [-0.2, -0.15) is 0 Å². The van der Waals surface area contributed by atoms with E-state index in [-0.39, 0.29) is 16.7 Å². The third kappa shape index (κ3) is 4.94. The standard InChI is InChI=1S/C18H23N3O4S/c19-26(23,24)17-7-5-14(6-8-17)11-20-18(22)15-3-1-9-21(12-15)13-16-4-2-10-25-16/h2,4-8,10,15H,1,3,9,11-13H2,(H,20,22)(H2,19,23,24). The van der Waals surface area contributed by atoms with Crippen molar-refractivity contribution in [2.24, 2.45) is 11.1 Å². The number of primary sulfonamides is 1. The summed E-state index contributed by atoms with van der Waals surface area (Å²) < 4.78 is 27.9. The van der Waals surface area contributed by atoms with Gasteiger partial charge in [-0.1, -0.05) is 12.1 Å². The first-order valence-corrected chi connectivity index (χ1v) is 10.1. The number of nitrogens with zero attached hydrogens (tertiary/aromatic N) is 1. The molecular formula is C18H23N3O4S. The first-order chi connectivity index (χ1) is 12.4. The number of nitrogens with one attached hydrogen (secondary N) is 1. The largest absolute Gasteiger partial charge is 0.468 e. The molecule has 0 bridgehead atoms. The lowest BCUT2D eigenvalue weighted by molar-refractivity contribution is -0.127. The van der Waals surface area contributed by atoms with E-state index in [0.717, 1.165) is 30.7 Å². The number of rotatable bonds is 6. The van der Waals surface area contributed by atoms with Crippen molar-refractivity contribution in [3.8, 4) is 0 Å². The zero-order valence-electron chi connectivity index (χ0n) is 14.4. The molecule has 3 rings (SSSR count).